The van der Waals surface area contributed by atoms with Gasteiger partial charge >= 0.3 is 6.09 Å². The van der Waals surface area contributed by atoms with Crippen LogP contribution in [0.25, 0.3) is 21.8 Å². The summed E-state index contributed by atoms with van der Waals surface area (Å²) in [5.41, 5.74) is 1.88. The summed E-state index contributed by atoms with van der Waals surface area (Å²) in [6.07, 6.45) is 2.10. The van der Waals surface area contributed by atoms with E-state index in [9.17, 15) is 19.5 Å². The van der Waals surface area contributed by atoms with Gasteiger partial charge in [0, 0.05) is 43.6 Å². The van der Waals surface area contributed by atoms with Crippen LogP contribution in [0.15, 0.2) is 57.8 Å². The molecule has 2 aromatic carbocycles. The second-order valence-electron chi connectivity index (χ2n) is 10.9. The maximum Gasteiger partial charge on any atom is 0.407 e. The molecule has 11 heteroatoms. The van der Waals surface area contributed by atoms with E-state index >= 15 is 0 Å². The number of aromatic nitrogens is 2. The first-order valence-corrected chi connectivity index (χ1v) is 14.4. The van der Waals surface area contributed by atoms with Crippen molar-refractivity contribution in [2.45, 2.75) is 50.7 Å². The SMILES string of the molecule is Cc1onc2c1c(=O)n(C1CCCC(NC(=O)C(c3ccccc3)N3CCN(C(=O)O)CC3)C1)c1cccc(Cl)c21. The first kappa shape index (κ1) is 27.3. The van der Waals surface area contributed by atoms with E-state index in [2.05, 4.69) is 10.5 Å². The van der Waals surface area contributed by atoms with E-state index in [0.717, 1.165) is 24.8 Å². The van der Waals surface area contributed by atoms with Crippen LogP contribution >= 0.6 is 11.6 Å². The summed E-state index contributed by atoms with van der Waals surface area (Å²) >= 11 is 6.60. The maximum atomic E-state index is 13.9. The molecule has 3 atom stereocenters. The first-order valence-electron chi connectivity index (χ1n) is 14.0. The molecule has 1 aliphatic carbocycles. The van der Waals surface area contributed by atoms with Gasteiger partial charge in [0.05, 0.1) is 10.5 Å². The van der Waals surface area contributed by atoms with E-state index in [-0.39, 0.29) is 23.6 Å². The topological polar surface area (TPSA) is 121 Å². The number of nitrogens with one attached hydrogen (secondary N) is 1. The number of halogens is 1. The normalized spacial score (nSPS) is 20.8. The van der Waals surface area contributed by atoms with Crippen molar-refractivity contribution in [3.63, 3.8) is 0 Å². The lowest BCUT2D eigenvalue weighted by Crippen LogP contribution is -2.53. The van der Waals surface area contributed by atoms with Gasteiger partial charge in [-0.05, 0) is 50.3 Å². The molecule has 0 bridgehead atoms. The van der Waals surface area contributed by atoms with Gasteiger partial charge in [0.1, 0.15) is 22.7 Å². The molecule has 2 aromatic heterocycles. The minimum atomic E-state index is -0.942. The highest BCUT2D eigenvalue weighted by Gasteiger charge is 2.34. The van der Waals surface area contributed by atoms with Crippen LogP contribution in [0.2, 0.25) is 5.02 Å². The molecule has 2 fully saturated rings. The van der Waals surface area contributed by atoms with Crippen molar-refractivity contribution >= 4 is 45.4 Å². The summed E-state index contributed by atoms with van der Waals surface area (Å²) in [7, 11) is 0. The van der Waals surface area contributed by atoms with Crippen molar-refractivity contribution in [1.29, 1.82) is 0 Å². The van der Waals surface area contributed by atoms with E-state index in [1.165, 1.54) is 4.90 Å². The van der Waals surface area contributed by atoms with Crippen LogP contribution in [0.4, 0.5) is 4.79 Å². The van der Waals surface area contributed by atoms with Gasteiger partial charge in [-0.25, -0.2) is 4.79 Å². The van der Waals surface area contributed by atoms with Crippen molar-refractivity contribution in [2.24, 2.45) is 0 Å². The highest BCUT2D eigenvalue weighted by molar-refractivity contribution is 6.37. The number of carbonyl (C=O) groups excluding carboxylic acids is 1. The number of benzene rings is 2. The summed E-state index contributed by atoms with van der Waals surface area (Å²) in [5, 5.41) is 18.4. The molecular weight excluding hydrogens is 546 g/mol. The van der Waals surface area contributed by atoms with Crippen LogP contribution in [0.5, 0.6) is 0 Å². The van der Waals surface area contributed by atoms with Crippen LogP contribution in [0, 0.1) is 6.92 Å². The lowest BCUT2D eigenvalue weighted by molar-refractivity contribution is -0.128. The number of nitrogens with zero attached hydrogens (tertiary/aromatic N) is 4. The predicted octanol–water partition coefficient (Wildman–Crippen LogP) is 4.74. The minimum Gasteiger partial charge on any atom is -0.465 e. The number of fused-ring (bicyclic) bond motifs is 3. The number of aryl methyl sites for hydroxylation is 1. The molecular formula is C30H32ClN5O5. The Morgan fingerprint density at radius 1 is 1.05 bits per heavy atom. The number of pyridine rings is 1. The third-order valence-electron chi connectivity index (χ3n) is 8.45. The third kappa shape index (κ3) is 5.06. The van der Waals surface area contributed by atoms with Gasteiger partial charge in [0.2, 0.25) is 5.91 Å². The van der Waals surface area contributed by atoms with E-state index in [1.807, 2.05) is 51.9 Å². The van der Waals surface area contributed by atoms with Gasteiger partial charge in [-0.3, -0.25) is 14.5 Å². The molecule has 214 valence electrons. The van der Waals surface area contributed by atoms with Gasteiger partial charge < -0.3 is 24.4 Å². The fourth-order valence-electron chi connectivity index (χ4n) is 6.48. The summed E-state index contributed by atoms with van der Waals surface area (Å²) in [5.74, 6) is 0.339. The Morgan fingerprint density at radius 2 is 1.80 bits per heavy atom. The van der Waals surface area contributed by atoms with Gasteiger partial charge in [-0.2, -0.15) is 0 Å². The smallest absolute Gasteiger partial charge is 0.407 e. The van der Waals surface area contributed by atoms with Gasteiger partial charge in [0.25, 0.3) is 5.56 Å². The molecule has 2 aliphatic rings. The molecule has 3 unspecified atom stereocenters. The van der Waals surface area contributed by atoms with Crippen LogP contribution in [-0.4, -0.2) is 68.9 Å². The van der Waals surface area contributed by atoms with Crippen molar-refractivity contribution in [1.82, 2.24) is 24.8 Å². The largest absolute Gasteiger partial charge is 0.465 e. The fraction of sp³-hybridized carbons (Fsp3) is 0.400. The number of carboxylic acid groups (broad SMARTS) is 1. The number of amides is 2. The zero-order chi connectivity index (χ0) is 28.7. The molecule has 41 heavy (non-hydrogen) atoms. The quantitative estimate of drug-likeness (QED) is 0.351. The summed E-state index contributed by atoms with van der Waals surface area (Å²) in [6, 6.07) is 14.3. The van der Waals surface area contributed by atoms with Crippen LogP contribution in [-0.2, 0) is 4.79 Å². The Balaban J connectivity index is 1.28. The third-order valence-corrected chi connectivity index (χ3v) is 8.77. The second-order valence-corrected chi connectivity index (χ2v) is 11.3. The molecule has 3 heterocycles. The van der Waals surface area contributed by atoms with E-state index in [1.54, 1.807) is 13.0 Å². The molecule has 0 spiro atoms. The molecule has 4 aromatic rings. The minimum absolute atomic E-state index is 0.115. The summed E-state index contributed by atoms with van der Waals surface area (Å²) in [6.45, 7) is 3.36. The lowest BCUT2D eigenvalue weighted by Gasteiger charge is -2.39. The average molecular weight is 578 g/mol. The highest BCUT2D eigenvalue weighted by atomic mass is 35.5. The Hall–Kier alpha value is -3.89. The Labute approximate surface area is 241 Å². The molecule has 1 aliphatic heterocycles. The predicted molar refractivity (Wildman–Crippen MR) is 155 cm³/mol. The van der Waals surface area contributed by atoms with Crippen molar-refractivity contribution in [3.05, 3.63) is 75.2 Å². The van der Waals surface area contributed by atoms with Crippen molar-refractivity contribution < 1.29 is 19.2 Å². The number of rotatable bonds is 5. The molecule has 1 saturated heterocycles. The van der Waals surface area contributed by atoms with Crippen molar-refractivity contribution in [3.8, 4) is 0 Å². The van der Waals surface area contributed by atoms with Crippen LogP contribution < -0.4 is 10.9 Å². The zero-order valence-electron chi connectivity index (χ0n) is 22.8. The molecule has 2 N–H and O–H groups in total. The second kappa shape index (κ2) is 11.2. The van der Waals surface area contributed by atoms with E-state index in [4.69, 9.17) is 16.1 Å². The fourth-order valence-corrected chi connectivity index (χ4v) is 6.74. The first-order chi connectivity index (χ1) is 19.8. The Morgan fingerprint density at radius 3 is 2.54 bits per heavy atom. The standard InChI is InChI=1S/C30H32ClN5O5/c1-18-24-26(33-41-18)25-22(31)11-6-12-23(25)36(29(24)38)21-10-5-9-20(17-21)32-28(37)27(19-7-3-2-4-8-19)34-13-15-35(16-14-34)30(39)40/h2-4,6-8,11-12,20-21,27H,5,9-10,13-17H2,1H3,(H,32,37)(H,39,40). The average Bonchev–Trinajstić information content (AvgIpc) is 3.36. The molecule has 10 nitrogen and oxygen atoms in total. The highest BCUT2D eigenvalue weighted by Crippen LogP contribution is 2.35. The molecule has 1 saturated carbocycles. The Bertz CT molecular complexity index is 1660. The molecule has 6 rings (SSSR count). The van der Waals surface area contributed by atoms with E-state index < -0.39 is 12.1 Å². The maximum absolute atomic E-state index is 13.9. The summed E-state index contributed by atoms with van der Waals surface area (Å²) < 4.78 is 7.21. The lowest BCUT2D eigenvalue weighted by atomic mass is 9.89. The Kier molecular flexibility index (Phi) is 7.44. The number of hydrogen-bond acceptors (Lipinski definition) is 6. The van der Waals surface area contributed by atoms with Gasteiger partial charge in [-0.15, -0.1) is 0 Å². The monoisotopic (exact) mass is 577 g/mol. The number of hydrogen-bond donors (Lipinski definition) is 2. The molecule has 0 radical (unpaired) electrons. The number of carbonyl (C=O) groups is 2. The zero-order valence-corrected chi connectivity index (χ0v) is 23.5. The van der Waals surface area contributed by atoms with Gasteiger partial charge in [0.15, 0.2) is 0 Å². The van der Waals surface area contributed by atoms with Crippen molar-refractivity contribution in [2.75, 3.05) is 26.2 Å². The summed E-state index contributed by atoms with van der Waals surface area (Å²) in [4.78, 5) is 42.6. The van der Waals surface area contributed by atoms with Crippen LogP contribution in [0.3, 0.4) is 0 Å². The number of piperazine rings is 1. The van der Waals surface area contributed by atoms with Crippen LogP contribution in [0.1, 0.15) is 49.1 Å². The molecule has 2 amide bonds. The van der Waals surface area contributed by atoms with E-state index in [0.29, 0.717) is 65.2 Å². The van der Waals surface area contributed by atoms with Gasteiger partial charge in [-0.1, -0.05) is 53.2 Å².